The summed E-state index contributed by atoms with van der Waals surface area (Å²) >= 11 is 2.09. The number of rotatable bonds is 6. The molecular formula is C17H26FNS. The molecule has 0 aromatic heterocycles. The molecule has 20 heavy (non-hydrogen) atoms. The van der Waals surface area contributed by atoms with E-state index < -0.39 is 0 Å². The van der Waals surface area contributed by atoms with Gasteiger partial charge in [-0.25, -0.2) is 4.39 Å². The molecule has 2 rings (SSSR count). The van der Waals surface area contributed by atoms with Crippen LogP contribution in [0.25, 0.3) is 0 Å². The van der Waals surface area contributed by atoms with Crippen LogP contribution in [0, 0.1) is 12.7 Å². The normalized spacial score (nSPS) is 24.0. The quantitative estimate of drug-likeness (QED) is 0.838. The number of aryl methyl sites for hydroxylation is 1. The lowest BCUT2D eigenvalue weighted by Gasteiger charge is -2.34. The van der Waals surface area contributed by atoms with Gasteiger partial charge in [0.25, 0.3) is 0 Å². The summed E-state index contributed by atoms with van der Waals surface area (Å²) < 4.78 is 13.6. The van der Waals surface area contributed by atoms with Gasteiger partial charge in [-0.15, -0.1) is 0 Å². The molecule has 1 aliphatic rings. The van der Waals surface area contributed by atoms with E-state index in [1.165, 1.54) is 24.2 Å². The van der Waals surface area contributed by atoms with E-state index in [1.807, 2.05) is 13.0 Å². The van der Waals surface area contributed by atoms with Crippen LogP contribution in [-0.4, -0.2) is 23.1 Å². The highest BCUT2D eigenvalue weighted by molar-refractivity contribution is 8.00. The Bertz CT molecular complexity index is 441. The lowest BCUT2D eigenvalue weighted by atomic mass is 9.89. The summed E-state index contributed by atoms with van der Waals surface area (Å²) in [5.41, 5.74) is 2.34. The molecular weight excluding hydrogens is 269 g/mol. The summed E-state index contributed by atoms with van der Waals surface area (Å²) in [6, 6.07) is 5.66. The number of hydrogen-bond donors (Lipinski definition) is 1. The zero-order valence-electron chi connectivity index (χ0n) is 12.8. The van der Waals surface area contributed by atoms with Gasteiger partial charge in [-0.05, 0) is 75.1 Å². The fourth-order valence-electron chi connectivity index (χ4n) is 3.01. The van der Waals surface area contributed by atoms with Crippen molar-refractivity contribution in [2.45, 2.75) is 57.2 Å². The second kappa shape index (κ2) is 6.95. The topological polar surface area (TPSA) is 12.0 Å². The third-order valence-electron chi connectivity index (χ3n) is 4.36. The van der Waals surface area contributed by atoms with E-state index in [-0.39, 0.29) is 5.82 Å². The van der Waals surface area contributed by atoms with Crippen molar-refractivity contribution in [1.29, 1.82) is 0 Å². The average Bonchev–Trinajstić information content (AvgIpc) is 2.84. The monoisotopic (exact) mass is 295 g/mol. The van der Waals surface area contributed by atoms with Gasteiger partial charge in [0.1, 0.15) is 5.82 Å². The van der Waals surface area contributed by atoms with Gasteiger partial charge in [-0.2, -0.15) is 11.8 Å². The lowest BCUT2D eigenvalue weighted by molar-refractivity contribution is 0.398. The van der Waals surface area contributed by atoms with Crippen LogP contribution >= 0.6 is 11.8 Å². The van der Waals surface area contributed by atoms with Crippen molar-refractivity contribution in [2.24, 2.45) is 0 Å². The molecule has 1 aliphatic heterocycles. The summed E-state index contributed by atoms with van der Waals surface area (Å²) in [6.07, 6.45) is 4.74. The fraction of sp³-hybridized carbons (Fsp3) is 0.647. The van der Waals surface area contributed by atoms with Crippen molar-refractivity contribution >= 4 is 11.8 Å². The molecule has 1 nitrogen and oxygen atoms in total. The first kappa shape index (κ1) is 15.8. The van der Waals surface area contributed by atoms with Gasteiger partial charge >= 0.3 is 0 Å². The smallest absolute Gasteiger partial charge is 0.123 e. The summed E-state index contributed by atoms with van der Waals surface area (Å²) in [5, 5.41) is 3.73. The zero-order chi connectivity index (χ0) is 14.6. The Labute approximate surface area is 126 Å². The Morgan fingerprint density at radius 1 is 1.45 bits per heavy atom. The molecule has 0 amide bonds. The van der Waals surface area contributed by atoms with Crippen LogP contribution in [-0.2, 0) is 6.42 Å². The van der Waals surface area contributed by atoms with E-state index in [9.17, 15) is 4.39 Å². The second-order valence-electron chi connectivity index (χ2n) is 6.05. The van der Waals surface area contributed by atoms with Crippen molar-refractivity contribution in [3.63, 3.8) is 0 Å². The van der Waals surface area contributed by atoms with Gasteiger partial charge in [-0.1, -0.05) is 13.0 Å². The van der Waals surface area contributed by atoms with Crippen LogP contribution in [0.4, 0.5) is 4.39 Å². The molecule has 1 N–H and O–H groups in total. The lowest BCUT2D eigenvalue weighted by Crippen LogP contribution is -2.47. The van der Waals surface area contributed by atoms with Crippen molar-refractivity contribution in [2.75, 3.05) is 12.3 Å². The Hall–Kier alpha value is -0.540. The summed E-state index contributed by atoms with van der Waals surface area (Å²) in [4.78, 5) is 0. The molecule has 2 atom stereocenters. The minimum Gasteiger partial charge on any atom is -0.312 e. The summed E-state index contributed by atoms with van der Waals surface area (Å²) in [5.74, 6) is 1.13. The zero-order valence-corrected chi connectivity index (χ0v) is 13.7. The van der Waals surface area contributed by atoms with Gasteiger partial charge in [-0.3, -0.25) is 0 Å². The molecule has 1 heterocycles. The minimum absolute atomic E-state index is 0.134. The van der Waals surface area contributed by atoms with Crippen LogP contribution in [0.15, 0.2) is 18.2 Å². The van der Waals surface area contributed by atoms with Gasteiger partial charge < -0.3 is 5.32 Å². The first-order valence-electron chi connectivity index (χ1n) is 7.67. The Balaban J connectivity index is 2.14. The maximum atomic E-state index is 13.2. The Morgan fingerprint density at radius 2 is 2.25 bits per heavy atom. The maximum Gasteiger partial charge on any atom is 0.123 e. The molecule has 1 saturated heterocycles. The average molecular weight is 295 g/mol. The molecule has 0 radical (unpaired) electrons. The van der Waals surface area contributed by atoms with E-state index in [2.05, 4.69) is 30.9 Å². The van der Waals surface area contributed by atoms with Gasteiger partial charge in [0.05, 0.1) is 0 Å². The van der Waals surface area contributed by atoms with Crippen molar-refractivity contribution in [3.8, 4) is 0 Å². The number of halogens is 1. The molecule has 0 aliphatic carbocycles. The molecule has 2 unspecified atom stereocenters. The van der Waals surface area contributed by atoms with Crippen LogP contribution in [0.3, 0.4) is 0 Å². The van der Waals surface area contributed by atoms with Gasteiger partial charge in [0, 0.05) is 10.8 Å². The van der Waals surface area contributed by atoms with Crippen molar-refractivity contribution in [3.05, 3.63) is 35.1 Å². The SMILES string of the molecule is CCCNC(Cc1ccc(F)cc1C)C1(C)CCCS1. The molecule has 3 heteroatoms. The highest BCUT2D eigenvalue weighted by Gasteiger charge is 2.37. The van der Waals surface area contributed by atoms with E-state index >= 15 is 0 Å². The second-order valence-corrected chi connectivity index (χ2v) is 7.68. The number of nitrogens with one attached hydrogen (secondary N) is 1. The predicted molar refractivity (Wildman–Crippen MR) is 87.0 cm³/mol. The number of benzene rings is 1. The largest absolute Gasteiger partial charge is 0.312 e. The predicted octanol–water partition coefficient (Wildman–Crippen LogP) is 4.33. The Morgan fingerprint density at radius 3 is 2.85 bits per heavy atom. The third kappa shape index (κ3) is 3.76. The summed E-state index contributed by atoms with van der Waals surface area (Å²) in [7, 11) is 0. The van der Waals surface area contributed by atoms with Crippen molar-refractivity contribution < 1.29 is 4.39 Å². The molecule has 1 aromatic rings. The molecule has 1 fully saturated rings. The molecule has 1 aromatic carbocycles. The number of thioether (sulfide) groups is 1. The first-order chi connectivity index (χ1) is 9.55. The first-order valence-corrected chi connectivity index (χ1v) is 8.66. The van der Waals surface area contributed by atoms with E-state index in [0.717, 1.165) is 24.9 Å². The molecule has 0 spiro atoms. The number of hydrogen-bond acceptors (Lipinski definition) is 2. The van der Waals surface area contributed by atoms with Crippen molar-refractivity contribution in [1.82, 2.24) is 5.32 Å². The van der Waals surface area contributed by atoms with Gasteiger partial charge in [0.2, 0.25) is 0 Å². The Kier molecular flexibility index (Phi) is 5.50. The van der Waals surface area contributed by atoms with Crippen LogP contribution < -0.4 is 5.32 Å². The third-order valence-corrected chi connectivity index (χ3v) is 6.00. The fourth-order valence-corrected chi connectivity index (χ4v) is 4.42. The van der Waals surface area contributed by atoms with E-state index in [0.29, 0.717) is 10.8 Å². The van der Waals surface area contributed by atoms with Crippen LogP contribution in [0.5, 0.6) is 0 Å². The van der Waals surface area contributed by atoms with Gasteiger partial charge in [0.15, 0.2) is 0 Å². The summed E-state index contributed by atoms with van der Waals surface area (Å²) in [6.45, 7) is 7.66. The molecule has 112 valence electrons. The van der Waals surface area contributed by atoms with E-state index in [1.54, 1.807) is 12.1 Å². The van der Waals surface area contributed by atoms with Crippen LogP contribution in [0.1, 0.15) is 44.2 Å². The van der Waals surface area contributed by atoms with E-state index in [4.69, 9.17) is 0 Å². The molecule has 0 bridgehead atoms. The maximum absolute atomic E-state index is 13.2. The highest BCUT2D eigenvalue weighted by Crippen LogP contribution is 2.41. The highest BCUT2D eigenvalue weighted by atomic mass is 32.2. The van der Waals surface area contributed by atoms with Crippen LogP contribution in [0.2, 0.25) is 0 Å². The standard InChI is InChI=1S/C17H26FNS/c1-4-9-19-16(17(3)8-5-10-20-17)12-14-6-7-15(18)11-13(14)2/h6-7,11,16,19H,4-5,8-10,12H2,1-3H3. The minimum atomic E-state index is -0.134. The molecule has 0 saturated carbocycles.